The van der Waals surface area contributed by atoms with E-state index < -0.39 is 15.9 Å². The van der Waals surface area contributed by atoms with Crippen molar-refractivity contribution in [2.75, 3.05) is 6.26 Å². The molecule has 0 aliphatic heterocycles. The van der Waals surface area contributed by atoms with Crippen molar-refractivity contribution < 1.29 is 13.5 Å². The Hall–Kier alpha value is -1.65. The first-order valence-corrected chi connectivity index (χ1v) is 8.29. The Morgan fingerprint density at radius 3 is 2.45 bits per heavy atom. The van der Waals surface area contributed by atoms with Gasteiger partial charge in [-0.05, 0) is 35.7 Å². The number of rotatable bonds is 4. The fourth-order valence-electron chi connectivity index (χ4n) is 2.12. The second kappa shape index (κ2) is 5.77. The van der Waals surface area contributed by atoms with E-state index in [2.05, 4.69) is 0 Å². The highest BCUT2D eigenvalue weighted by Crippen LogP contribution is 2.22. The van der Waals surface area contributed by atoms with Crippen molar-refractivity contribution in [3.05, 3.63) is 65.2 Å². The summed E-state index contributed by atoms with van der Waals surface area (Å²) in [5.41, 5.74) is 2.80. The molecule has 0 saturated heterocycles. The maximum Gasteiger partial charge on any atom is 0.175 e. The SMILES string of the molecule is Cc1ccccc1CC(O)c1cccc(S(C)(=O)=O)c1. The van der Waals surface area contributed by atoms with E-state index in [-0.39, 0.29) is 4.90 Å². The first kappa shape index (κ1) is 14.8. The fraction of sp³-hybridized carbons (Fsp3) is 0.250. The monoisotopic (exact) mass is 290 g/mol. The predicted octanol–water partition coefficient (Wildman–Crippen LogP) is 2.67. The number of aliphatic hydroxyl groups is 1. The van der Waals surface area contributed by atoms with E-state index in [1.807, 2.05) is 31.2 Å². The summed E-state index contributed by atoms with van der Waals surface area (Å²) in [7, 11) is -3.25. The van der Waals surface area contributed by atoms with E-state index >= 15 is 0 Å². The van der Waals surface area contributed by atoms with Gasteiger partial charge >= 0.3 is 0 Å². The van der Waals surface area contributed by atoms with Crippen LogP contribution in [0.1, 0.15) is 22.8 Å². The Labute approximate surface area is 119 Å². The Balaban J connectivity index is 2.26. The van der Waals surface area contributed by atoms with Crippen molar-refractivity contribution in [3.8, 4) is 0 Å². The van der Waals surface area contributed by atoms with Gasteiger partial charge in [0.15, 0.2) is 9.84 Å². The van der Waals surface area contributed by atoms with E-state index in [0.717, 1.165) is 11.1 Å². The Bertz CT molecular complexity index is 705. The summed E-state index contributed by atoms with van der Waals surface area (Å²) in [6.07, 6.45) is 0.928. The highest BCUT2D eigenvalue weighted by molar-refractivity contribution is 7.90. The zero-order valence-corrected chi connectivity index (χ0v) is 12.4. The number of sulfone groups is 1. The fourth-order valence-corrected chi connectivity index (χ4v) is 2.79. The third kappa shape index (κ3) is 3.46. The Morgan fingerprint density at radius 2 is 1.80 bits per heavy atom. The molecule has 0 bridgehead atoms. The lowest BCUT2D eigenvalue weighted by Crippen LogP contribution is -2.05. The summed E-state index contributed by atoms with van der Waals surface area (Å²) < 4.78 is 23.1. The van der Waals surface area contributed by atoms with E-state index in [1.54, 1.807) is 18.2 Å². The highest BCUT2D eigenvalue weighted by Gasteiger charge is 2.13. The van der Waals surface area contributed by atoms with Gasteiger partial charge in [0, 0.05) is 12.7 Å². The molecular formula is C16H18O3S. The molecule has 2 aromatic carbocycles. The summed E-state index contributed by atoms with van der Waals surface area (Å²) in [4.78, 5) is 0.235. The topological polar surface area (TPSA) is 54.4 Å². The van der Waals surface area contributed by atoms with Crippen LogP contribution in [-0.4, -0.2) is 19.8 Å². The zero-order valence-electron chi connectivity index (χ0n) is 11.6. The number of aryl methyl sites for hydroxylation is 1. The number of aliphatic hydroxyl groups excluding tert-OH is 1. The van der Waals surface area contributed by atoms with Gasteiger partial charge in [0.25, 0.3) is 0 Å². The summed E-state index contributed by atoms with van der Waals surface area (Å²) in [6, 6.07) is 14.3. The molecule has 0 saturated carbocycles. The molecule has 0 heterocycles. The smallest absolute Gasteiger partial charge is 0.175 e. The molecule has 0 fully saturated rings. The van der Waals surface area contributed by atoms with Crippen molar-refractivity contribution in [1.82, 2.24) is 0 Å². The van der Waals surface area contributed by atoms with Gasteiger partial charge in [-0.2, -0.15) is 0 Å². The Morgan fingerprint density at radius 1 is 1.10 bits per heavy atom. The lowest BCUT2D eigenvalue weighted by atomic mass is 9.98. The van der Waals surface area contributed by atoms with Crippen molar-refractivity contribution >= 4 is 9.84 Å². The second-order valence-corrected chi connectivity index (χ2v) is 7.01. The first-order valence-electron chi connectivity index (χ1n) is 6.40. The molecule has 1 atom stereocenters. The molecule has 3 nitrogen and oxygen atoms in total. The van der Waals surface area contributed by atoms with Gasteiger partial charge in [0.05, 0.1) is 11.0 Å². The minimum atomic E-state index is -3.25. The van der Waals surface area contributed by atoms with Gasteiger partial charge in [-0.25, -0.2) is 8.42 Å². The van der Waals surface area contributed by atoms with Crippen LogP contribution in [0, 0.1) is 6.92 Å². The summed E-state index contributed by atoms with van der Waals surface area (Å²) in [6.45, 7) is 2.00. The van der Waals surface area contributed by atoms with Crippen molar-refractivity contribution in [1.29, 1.82) is 0 Å². The van der Waals surface area contributed by atoms with Crippen molar-refractivity contribution in [2.45, 2.75) is 24.3 Å². The molecular weight excluding hydrogens is 272 g/mol. The summed E-state index contributed by atoms with van der Waals surface area (Å²) in [5.74, 6) is 0. The van der Waals surface area contributed by atoms with E-state index in [0.29, 0.717) is 12.0 Å². The predicted molar refractivity (Wildman–Crippen MR) is 79.4 cm³/mol. The molecule has 0 aliphatic carbocycles. The third-order valence-electron chi connectivity index (χ3n) is 3.35. The second-order valence-electron chi connectivity index (χ2n) is 4.99. The van der Waals surface area contributed by atoms with Gasteiger partial charge in [0.1, 0.15) is 0 Å². The molecule has 2 rings (SSSR count). The molecule has 0 radical (unpaired) electrons. The van der Waals surface area contributed by atoms with E-state index in [1.165, 1.54) is 12.3 Å². The Kier molecular flexibility index (Phi) is 4.26. The molecule has 1 unspecified atom stereocenters. The molecule has 1 N–H and O–H groups in total. The number of benzene rings is 2. The summed E-state index contributed by atoms with van der Waals surface area (Å²) >= 11 is 0. The first-order chi connectivity index (χ1) is 9.38. The normalized spacial score (nSPS) is 13.2. The average molecular weight is 290 g/mol. The molecule has 20 heavy (non-hydrogen) atoms. The van der Waals surface area contributed by atoms with Crippen LogP contribution in [0.25, 0.3) is 0 Å². The van der Waals surface area contributed by atoms with Crippen molar-refractivity contribution in [3.63, 3.8) is 0 Å². The molecule has 0 amide bonds. The average Bonchev–Trinajstić information content (AvgIpc) is 2.40. The number of hydrogen-bond acceptors (Lipinski definition) is 3. The van der Waals surface area contributed by atoms with Crippen LogP contribution in [0.15, 0.2) is 53.4 Å². The van der Waals surface area contributed by atoms with Crippen LogP contribution in [-0.2, 0) is 16.3 Å². The van der Waals surface area contributed by atoms with E-state index in [4.69, 9.17) is 0 Å². The van der Waals surface area contributed by atoms with Crippen LogP contribution in [0.4, 0.5) is 0 Å². The lowest BCUT2D eigenvalue weighted by molar-refractivity contribution is 0.178. The minimum absolute atomic E-state index is 0.235. The van der Waals surface area contributed by atoms with Crippen molar-refractivity contribution in [2.24, 2.45) is 0 Å². The highest BCUT2D eigenvalue weighted by atomic mass is 32.2. The van der Waals surface area contributed by atoms with Crippen LogP contribution < -0.4 is 0 Å². The molecule has 106 valence electrons. The largest absolute Gasteiger partial charge is 0.388 e. The molecule has 2 aromatic rings. The van der Waals surface area contributed by atoms with Crippen LogP contribution in [0.2, 0.25) is 0 Å². The molecule has 0 spiro atoms. The van der Waals surface area contributed by atoms with Gasteiger partial charge in [-0.3, -0.25) is 0 Å². The molecule has 0 aromatic heterocycles. The standard InChI is InChI=1S/C16H18O3S/c1-12-6-3-4-7-13(12)11-16(17)14-8-5-9-15(10-14)20(2,18)19/h3-10,16-17H,11H2,1-2H3. The zero-order chi connectivity index (χ0) is 14.8. The lowest BCUT2D eigenvalue weighted by Gasteiger charge is -2.13. The van der Waals surface area contributed by atoms with Crippen LogP contribution >= 0.6 is 0 Å². The summed E-state index contributed by atoms with van der Waals surface area (Å²) in [5, 5.41) is 10.3. The maximum atomic E-state index is 11.5. The minimum Gasteiger partial charge on any atom is -0.388 e. The maximum absolute atomic E-state index is 11.5. The van der Waals surface area contributed by atoms with Gasteiger partial charge in [-0.15, -0.1) is 0 Å². The molecule has 4 heteroatoms. The third-order valence-corrected chi connectivity index (χ3v) is 4.46. The van der Waals surface area contributed by atoms with Crippen LogP contribution in [0.3, 0.4) is 0 Å². The quantitative estimate of drug-likeness (QED) is 0.942. The number of hydrogen-bond donors (Lipinski definition) is 1. The van der Waals surface area contributed by atoms with Gasteiger partial charge < -0.3 is 5.11 Å². The van der Waals surface area contributed by atoms with Crippen LogP contribution in [0.5, 0.6) is 0 Å². The molecule has 0 aliphatic rings. The van der Waals surface area contributed by atoms with Gasteiger partial charge in [0.2, 0.25) is 0 Å². The van der Waals surface area contributed by atoms with E-state index in [9.17, 15) is 13.5 Å². The van der Waals surface area contributed by atoms with Gasteiger partial charge in [-0.1, -0.05) is 36.4 Å².